The van der Waals surface area contributed by atoms with Crippen LogP contribution in [0.25, 0.3) is 0 Å². The first-order valence-corrected chi connectivity index (χ1v) is 9.72. The Balaban J connectivity index is 1.46. The maximum absolute atomic E-state index is 13.0. The van der Waals surface area contributed by atoms with Crippen LogP contribution in [-0.2, 0) is 11.3 Å². The van der Waals surface area contributed by atoms with Gasteiger partial charge in [-0.25, -0.2) is 0 Å². The van der Waals surface area contributed by atoms with Crippen molar-refractivity contribution in [3.63, 3.8) is 0 Å². The summed E-state index contributed by atoms with van der Waals surface area (Å²) in [5.41, 5.74) is 1.35. The summed E-state index contributed by atoms with van der Waals surface area (Å²) in [5, 5.41) is 3.02. The number of benzene rings is 1. The third-order valence-electron chi connectivity index (χ3n) is 6.09. The number of carbonyl (C=O) groups is 2. The summed E-state index contributed by atoms with van der Waals surface area (Å²) in [6.45, 7) is 1.52. The summed E-state index contributed by atoms with van der Waals surface area (Å²) in [4.78, 5) is 32.0. The summed E-state index contributed by atoms with van der Waals surface area (Å²) < 4.78 is 5.23. The Kier molecular flexibility index (Phi) is 5.03. The van der Waals surface area contributed by atoms with Gasteiger partial charge in [-0.3, -0.25) is 14.6 Å². The standard InChI is InChI=1S/C22H25N3O3/c1-28-18-8-4-6-16(12-18)21(27)25-14-19(22(15-25)9-5-10-22)20(26)24-13-17-7-2-3-11-23-17/h2-4,6-8,11-12,19H,5,9-10,13-15H2,1H3,(H,24,26). The molecule has 1 atom stereocenters. The third kappa shape index (κ3) is 3.46. The molecule has 28 heavy (non-hydrogen) atoms. The molecule has 1 aliphatic carbocycles. The van der Waals surface area contributed by atoms with E-state index in [4.69, 9.17) is 4.74 Å². The highest BCUT2D eigenvalue weighted by Gasteiger charge is 2.54. The van der Waals surface area contributed by atoms with Gasteiger partial charge < -0.3 is 15.0 Å². The normalized spacial score (nSPS) is 19.9. The van der Waals surface area contributed by atoms with E-state index in [-0.39, 0.29) is 23.1 Å². The Morgan fingerprint density at radius 2 is 2.11 bits per heavy atom. The summed E-state index contributed by atoms with van der Waals surface area (Å²) in [7, 11) is 1.59. The van der Waals surface area contributed by atoms with Gasteiger partial charge in [0.25, 0.3) is 5.91 Å². The zero-order valence-corrected chi connectivity index (χ0v) is 16.1. The average molecular weight is 379 g/mol. The number of carbonyl (C=O) groups excluding carboxylic acids is 2. The monoisotopic (exact) mass is 379 g/mol. The zero-order valence-electron chi connectivity index (χ0n) is 16.1. The molecular weight excluding hydrogens is 354 g/mol. The van der Waals surface area contributed by atoms with Gasteiger partial charge in [-0.2, -0.15) is 0 Å². The lowest BCUT2D eigenvalue weighted by atomic mass is 9.62. The predicted molar refractivity (Wildman–Crippen MR) is 105 cm³/mol. The second-order valence-corrected chi connectivity index (χ2v) is 7.73. The minimum absolute atomic E-state index is 0.0197. The van der Waals surface area contributed by atoms with E-state index in [1.165, 1.54) is 0 Å². The molecule has 1 unspecified atom stereocenters. The number of ether oxygens (including phenoxy) is 1. The lowest BCUT2D eigenvalue weighted by molar-refractivity contribution is -0.129. The Morgan fingerprint density at radius 1 is 1.25 bits per heavy atom. The fraction of sp³-hybridized carbons (Fsp3) is 0.409. The van der Waals surface area contributed by atoms with E-state index < -0.39 is 0 Å². The van der Waals surface area contributed by atoms with Gasteiger partial charge in [-0.15, -0.1) is 0 Å². The largest absolute Gasteiger partial charge is 0.497 e. The number of hydrogen-bond acceptors (Lipinski definition) is 4. The molecule has 0 bridgehead atoms. The molecule has 4 rings (SSSR count). The number of amides is 2. The molecule has 2 heterocycles. The average Bonchev–Trinajstić information content (AvgIpc) is 3.14. The molecule has 2 aromatic rings. The van der Waals surface area contributed by atoms with E-state index >= 15 is 0 Å². The van der Waals surface area contributed by atoms with Crippen molar-refractivity contribution >= 4 is 11.8 Å². The Bertz CT molecular complexity index is 864. The first-order valence-electron chi connectivity index (χ1n) is 9.72. The molecule has 146 valence electrons. The van der Waals surface area contributed by atoms with Crippen molar-refractivity contribution in [3.05, 3.63) is 59.9 Å². The van der Waals surface area contributed by atoms with E-state index in [0.29, 0.717) is 30.9 Å². The van der Waals surface area contributed by atoms with Crippen LogP contribution in [0, 0.1) is 11.3 Å². The van der Waals surface area contributed by atoms with Gasteiger partial charge in [0.05, 0.1) is 25.3 Å². The second-order valence-electron chi connectivity index (χ2n) is 7.73. The predicted octanol–water partition coefficient (Wildman–Crippen LogP) is 2.65. The third-order valence-corrected chi connectivity index (χ3v) is 6.09. The molecule has 2 fully saturated rings. The highest BCUT2D eigenvalue weighted by molar-refractivity contribution is 5.95. The summed E-state index contributed by atoms with van der Waals surface area (Å²) >= 11 is 0. The van der Waals surface area contributed by atoms with Crippen molar-refractivity contribution < 1.29 is 14.3 Å². The quantitative estimate of drug-likeness (QED) is 0.867. The molecule has 6 heteroatoms. The Hall–Kier alpha value is -2.89. The molecular formula is C22H25N3O3. The SMILES string of the molecule is COc1cccc(C(=O)N2CC(C(=O)NCc3ccccn3)C3(CCC3)C2)c1. The summed E-state index contributed by atoms with van der Waals surface area (Å²) in [5.74, 6) is 0.476. The minimum Gasteiger partial charge on any atom is -0.497 e. The van der Waals surface area contributed by atoms with Crippen LogP contribution in [0.3, 0.4) is 0 Å². The van der Waals surface area contributed by atoms with Crippen molar-refractivity contribution in [1.29, 1.82) is 0 Å². The number of methoxy groups -OCH3 is 1. The lowest BCUT2D eigenvalue weighted by Gasteiger charge is -2.41. The molecule has 1 saturated carbocycles. The van der Waals surface area contributed by atoms with Crippen LogP contribution in [0.2, 0.25) is 0 Å². The van der Waals surface area contributed by atoms with Gasteiger partial charge in [-0.05, 0) is 43.2 Å². The molecule has 2 aliphatic rings. The molecule has 6 nitrogen and oxygen atoms in total. The number of nitrogens with zero attached hydrogens (tertiary/aromatic N) is 2. The topological polar surface area (TPSA) is 71.5 Å². The van der Waals surface area contributed by atoms with Crippen molar-refractivity contribution in [1.82, 2.24) is 15.2 Å². The lowest BCUT2D eigenvalue weighted by Crippen LogP contribution is -2.45. The zero-order chi connectivity index (χ0) is 19.6. The molecule has 0 radical (unpaired) electrons. The van der Waals surface area contributed by atoms with Gasteiger partial charge in [-0.1, -0.05) is 18.6 Å². The van der Waals surface area contributed by atoms with Gasteiger partial charge >= 0.3 is 0 Å². The van der Waals surface area contributed by atoms with Gasteiger partial charge in [0.1, 0.15) is 5.75 Å². The van der Waals surface area contributed by atoms with Crippen molar-refractivity contribution in [2.24, 2.45) is 11.3 Å². The summed E-state index contributed by atoms with van der Waals surface area (Å²) in [6.07, 6.45) is 4.83. The molecule has 1 spiro atoms. The van der Waals surface area contributed by atoms with Gasteiger partial charge in [0.2, 0.25) is 5.91 Å². The van der Waals surface area contributed by atoms with E-state index in [9.17, 15) is 9.59 Å². The molecule has 1 aromatic carbocycles. The van der Waals surface area contributed by atoms with Crippen LogP contribution in [0.1, 0.15) is 35.3 Å². The smallest absolute Gasteiger partial charge is 0.254 e. The second kappa shape index (κ2) is 7.62. The number of pyridine rings is 1. The number of aromatic nitrogens is 1. The highest BCUT2D eigenvalue weighted by atomic mass is 16.5. The fourth-order valence-electron chi connectivity index (χ4n) is 4.36. The van der Waals surface area contributed by atoms with Crippen molar-refractivity contribution in [3.8, 4) is 5.75 Å². The maximum atomic E-state index is 13.0. The van der Waals surface area contributed by atoms with Crippen LogP contribution in [0.15, 0.2) is 48.7 Å². The molecule has 1 aromatic heterocycles. The molecule has 1 saturated heterocycles. The van der Waals surface area contributed by atoms with Crippen LogP contribution >= 0.6 is 0 Å². The van der Waals surface area contributed by atoms with E-state index in [1.807, 2.05) is 35.2 Å². The Labute approximate surface area is 164 Å². The molecule has 1 aliphatic heterocycles. The van der Waals surface area contributed by atoms with Crippen LogP contribution in [0.4, 0.5) is 0 Å². The van der Waals surface area contributed by atoms with Crippen LogP contribution in [-0.4, -0.2) is 41.9 Å². The Morgan fingerprint density at radius 3 is 2.79 bits per heavy atom. The van der Waals surface area contributed by atoms with E-state index in [1.54, 1.807) is 25.4 Å². The summed E-state index contributed by atoms with van der Waals surface area (Å²) in [6, 6.07) is 12.9. The van der Waals surface area contributed by atoms with Crippen LogP contribution in [0.5, 0.6) is 5.75 Å². The van der Waals surface area contributed by atoms with Gasteiger partial charge in [0, 0.05) is 30.3 Å². The maximum Gasteiger partial charge on any atom is 0.254 e. The minimum atomic E-state index is -0.167. The fourth-order valence-corrected chi connectivity index (χ4v) is 4.36. The van der Waals surface area contributed by atoms with E-state index in [0.717, 1.165) is 25.0 Å². The van der Waals surface area contributed by atoms with Crippen molar-refractivity contribution in [2.75, 3.05) is 20.2 Å². The van der Waals surface area contributed by atoms with E-state index in [2.05, 4.69) is 10.3 Å². The number of likely N-dealkylation sites (tertiary alicyclic amines) is 1. The number of hydrogen-bond donors (Lipinski definition) is 1. The first kappa shape index (κ1) is 18.5. The molecule has 2 amide bonds. The van der Waals surface area contributed by atoms with Crippen molar-refractivity contribution in [2.45, 2.75) is 25.8 Å². The van der Waals surface area contributed by atoms with Gasteiger partial charge in [0.15, 0.2) is 0 Å². The number of nitrogens with one attached hydrogen (secondary N) is 1. The first-order chi connectivity index (χ1) is 13.6. The van der Waals surface area contributed by atoms with Crippen LogP contribution < -0.4 is 10.1 Å². The number of rotatable bonds is 5. The molecule has 1 N–H and O–H groups in total. The highest BCUT2D eigenvalue weighted by Crippen LogP contribution is 2.52.